The largest absolute Gasteiger partial charge is 0.507 e. The first-order valence-corrected chi connectivity index (χ1v) is 5.85. The van der Waals surface area contributed by atoms with E-state index in [9.17, 15) is 10.2 Å². The number of hydrogen-bond acceptors (Lipinski definition) is 3. The fourth-order valence-corrected chi connectivity index (χ4v) is 1.52. The van der Waals surface area contributed by atoms with E-state index in [4.69, 9.17) is 11.6 Å². The molecule has 0 bridgehead atoms. The molecule has 0 amide bonds. The Kier molecular flexibility index (Phi) is 4.54. The molecule has 1 atom stereocenters. The Balaban J connectivity index is 2.93. The summed E-state index contributed by atoms with van der Waals surface area (Å²) in [6.45, 7) is 5.98. The topological polar surface area (TPSA) is 52.8 Å². The van der Waals surface area contributed by atoms with Crippen molar-refractivity contribution < 1.29 is 10.2 Å². The van der Waals surface area contributed by atoms with E-state index in [0.717, 1.165) is 0 Å². The predicted octanol–water partition coefficient (Wildman–Crippen LogP) is 2.87. The number of halogens is 1. The summed E-state index contributed by atoms with van der Waals surface area (Å²) in [6, 6.07) is 4.56. The summed E-state index contributed by atoms with van der Waals surface area (Å²) < 4.78 is 0. The number of aromatic hydroxyl groups is 1. The fourth-order valence-electron chi connectivity index (χ4n) is 1.34. The Bertz CT molecular complexity index is 410. The Morgan fingerprint density at radius 1 is 1.41 bits per heavy atom. The number of aliphatic hydroxyl groups is 1. The molecule has 94 valence electrons. The van der Waals surface area contributed by atoms with Crippen LogP contribution in [0.25, 0.3) is 0 Å². The van der Waals surface area contributed by atoms with E-state index in [1.165, 1.54) is 6.07 Å². The van der Waals surface area contributed by atoms with Gasteiger partial charge >= 0.3 is 0 Å². The first-order chi connectivity index (χ1) is 7.84. The molecule has 1 aromatic rings. The van der Waals surface area contributed by atoms with Gasteiger partial charge in [0, 0.05) is 16.8 Å². The third kappa shape index (κ3) is 4.02. The first-order valence-electron chi connectivity index (χ1n) is 5.47. The Labute approximate surface area is 107 Å². The SMILES string of the molecule is CC(C)(C)[C@H](CO)N=Cc1cc(Cl)ccc1O. The van der Waals surface area contributed by atoms with Crippen molar-refractivity contribution >= 4 is 17.8 Å². The zero-order valence-electron chi connectivity index (χ0n) is 10.3. The maximum Gasteiger partial charge on any atom is 0.124 e. The number of rotatable bonds is 3. The molecule has 17 heavy (non-hydrogen) atoms. The molecule has 0 spiro atoms. The van der Waals surface area contributed by atoms with Gasteiger partial charge in [-0.1, -0.05) is 32.4 Å². The highest BCUT2D eigenvalue weighted by Gasteiger charge is 2.22. The lowest BCUT2D eigenvalue weighted by atomic mass is 9.88. The van der Waals surface area contributed by atoms with Crippen molar-refractivity contribution in [3.8, 4) is 5.75 Å². The van der Waals surface area contributed by atoms with Crippen molar-refractivity contribution in [1.29, 1.82) is 0 Å². The van der Waals surface area contributed by atoms with Crippen molar-refractivity contribution in [3.05, 3.63) is 28.8 Å². The number of phenols is 1. The highest BCUT2D eigenvalue weighted by Crippen LogP contribution is 2.23. The van der Waals surface area contributed by atoms with Gasteiger partial charge in [0.05, 0.1) is 12.6 Å². The van der Waals surface area contributed by atoms with Crippen LogP contribution in [0.3, 0.4) is 0 Å². The van der Waals surface area contributed by atoms with E-state index in [2.05, 4.69) is 4.99 Å². The Morgan fingerprint density at radius 2 is 2.06 bits per heavy atom. The number of hydrogen-bond donors (Lipinski definition) is 2. The van der Waals surface area contributed by atoms with Crippen LogP contribution in [0.1, 0.15) is 26.3 Å². The van der Waals surface area contributed by atoms with E-state index in [0.29, 0.717) is 10.6 Å². The first kappa shape index (κ1) is 14.0. The molecule has 0 aliphatic carbocycles. The van der Waals surface area contributed by atoms with Crippen LogP contribution in [0.4, 0.5) is 0 Å². The molecule has 3 nitrogen and oxygen atoms in total. The monoisotopic (exact) mass is 255 g/mol. The van der Waals surface area contributed by atoms with Gasteiger partial charge in [0.15, 0.2) is 0 Å². The summed E-state index contributed by atoms with van der Waals surface area (Å²) in [7, 11) is 0. The van der Waals surface area contributed by atoms with Gasteiger partial charge in [-0.15, -0.1) is 0 Å². The second-order valence-electron chi connectivity index (χ2n) is 5.05. The quantitative estimate of drug-likeness (QED) is 0.816. The van der Waals surface area contributed by atoms with Crippen molar-refractivity contribution in [3.63, 3.8) is 0 Å². The molecule has 0 saturated heterocycles. The minimum Gasteiger partial charge on any atom is -0.507 e. The molecule has 2 N–H and O–H groups in total. The average molecular weight is 256 g/mol. The lowest BCUT2D eigenvalue weighted by Gasteiger charge is -2.25. The van der Waals surface area contributed by atoms with Crippen molar-refractivity contribution in [2.24, 2.45) is 10.4 Å². The minimum absolute atomic E-state index is 0.0265. The van der Waals surface area contributed by atoms with Crippen molar-refractivity contribution in [2.45, 2.75) is 26.8 Å². The zero-order chi connectivity index (χ0) is 13.1. The van der Waals surface area contributed by atoms with Crippen molar-refractivity contribution in [2.75, 3.05) is 6.61 Å². The number of benzene rings is 1. The molecule has 0 aliphatic heterocycles. The van der Waals surface area contributed by atoms with Crippen LogP contribution in [-0.4, -0.2) is 29.1 Å². The van der Waals surface area contributed by atoms with Gasteiger partial charge < -0.3 is 10.2 Å². The van der Waals surface area contributed by atoms with Gasteiger partial charge in [0.2, 0.25) is 0 Å². The third-order valence-electron chi connectivity index (χ3n) is 2.56. The van der Waals surface area contributed by atoms with Crippen LogP contribution < -0.4 is 0 Å². The molecule has 0 aromatic heterocycles. The maximum atomic E-state index is 9.61. The van der Waals surface area contributed by atoms with E-state index in [1.54, 1.807) is 18.3 Å². The minimum atomic E-state index is -0.208. The Morgan fingerprint density at radius 3 is 2.59 bits per heavy atom. The molecule has 0 fully saturated rings. The highest BCUT2D eigenvalue weighted by molar-refractivity contribution is 6.30. The standard InChI is InChI=1S/C13H18ClNO2/c1-13(2,3)12(8-16)15-7-9-6-10(14)4-5-11(9)17/h4-7,12,16-17H,8H2,1-3H3/t12-/m0/s1. The average Bonchev–Trinajstić information content (AvgIpc) is 2.22. The summed E-state index contributed by atoms with van der Waals surface area (Å²) >= 11 is 5.83. The molecule has 4 heteroatoms. The predicted molar refractivity (Wildman–Crippen MR) is 71.0 cm³/mol. The second-order valence-corrected chi connectivity index (χ2v) is 5.48. The third-order valence-corrected chi connectivity index (χ3v) is 2.79. The van der Waals surface area contributed by atoms with Gasteiger partial charge in [0.25, 0.3) is 0 Å². The van der Waals surface area contributed by atoms with E-state index >= 15 is 0 Å². The molecular weight excluding hydrogens is 238 g/mol. The molecule has 0 radical (unpaired) electrons. The summed E-state index contributed by atoms with van der Waals surface area (Å²) in [5.74, 6) is 0.128. The van der Waals surface area contributed by atoms with Crippen LogP contribution in [0.2, 0.25) is 5.02 Å². The smallest absolute Gasteiger partial charge is 0.124 e. The molecule has 1 aromatic carbocycles. The lowest BCUT2D eigenvalue weighted by molar-refractivity contribution is 0.191. The summed E-state index contributed by atoms with van der Waals surface area (Å²) in [5, 5.41) is 19.4. The van der Waals surface area contributed by atoms with Crippen LogP contribution in [0.5, 0.6) is 5.75 Å². The molecule has 0 heterocycles. The molecular formula is C13H18ClNO2. The van der Waals surface area contributed by atoms with Gasteiger partial charge in [0.1, 0.15) is 5.75 Å². The zero-order valence-corrected chi connectivity index (χ0v) is 11.1. The number of aliphatic imine (C=N–C) groups is 1. The Hall–Kier alpha value is -1.06. The normalized spacial score (nSPS) is 14.2. The molecule has 0 saturated carbocycles. The summed E-state index contributed by atoms with van der Waals surface area (Å²) in [4.78, 5) is 4.29. The van der Waals surface area contributed by atoms with Crippen molar-refractivity contribution in [1.82, 2.24) is 0 Å². The van der Waals surface area contributed by atoms with Gasteiger partial charge in [-0.3, -0.25) is 4.99 Å². The second kappa shape index (κ2) is 5.52. The fraction of sp³-hybridized carbons (Fsp3) is 0.462. The van der Waals surface area contributed by atoms with E-state index in [1.807, 2.05) is 20.8 Å². The van der Waals surface area contributed by atoms with Gasteiger partial charge in [-0.25, -0.2) is 0 Å². The lowest BCUT2D eigenvalue weighted by Crippen LogP contribution is -2.28. The molecule has 0 unspecified atom stereocenters. The molecule has 0 aliphatic rings. The van der Waals surface area contributed by atoms with Gasteiger partial charge in [-0.2, -0.15) is 0 Å². The number of phenolic OH excluding ortho intramolecular Hbond substituents is 1. The molecule has 1 rings (SSSR count). The van der Waals surface area contributed by atoms with E-state index in [-0.39, 0.29) is 23.8 Å². The summed E-state index contributed by atoms with van der Waals surface area (Å²) in [5.41, 5.74) is 0.430. The summed E-state index contributed by atoms with van der Waals surface area (Å²) in [6.07, 6.45) is 1.55. The number of aliphatic hydroxyl groups excluding tert-OH is 1. The van der Waals surface area contributed by atoms with E-state index < -0.39 is 0 Å². The van der Waals surface area contributed by atoms with Crippen LogP contribution in [-0.2, 0) is 0 Å². The van der Waals surface area contributed by atoms with Crippen LogP contribution in [0.15, 0.2) is 23.2 Å². The van der Waals surface area contributed by atoms with Gasteiger partial charge in [-0.05, 0) is 23.6 Å². The van der Waals surface area contributed by atoms with Crippen LogP contribution >= 0.6 is 11.6 Å². The highest BCUT2D eigenvalue weighted by atomic mass is 35.5. The van der Waals surface area contributed by atoms with Crippen LogP contribution in [0, 0.1) is 5.41 Å². The maximum absolute atomic E-state index is 9.61. The number of nitrogens with zero attached hydrogens (tertiary/aromatic N) is 1.